The van der Waals surface area contributed by atoms with E-state index in [2.05, 4.69) is 53.8 Å². The molecule has 1 N–H and O–H groups in total. The molecule has 0 aromatic rings. The topological polar surface area (TPSA) is 65.0 Å². The number of hydrogen-bond donors (Lipinski definition) is 1. The molecule has 0 radical (unpaired) electrons. The second-order valence-electron chi connectivity index (χ2n) is 11.8. The molecule has 0 aromatic heterocycles. The quantitative estimate of drug-likeness (QED) is 0.518. The number of ketones is 1. The van der Waals surface area contributed by atoms with E-state index in [-0.39, 0.29) is 29.8 Å². The lowest BCUT2D eigenvalue weighted by Crippen LogP contribution is -2.62. The van der Waals surface area contributed by atoms with Gasteiger partial charge in [-0.1, -0.05) is 53.7 Å². The lowest BCUT2D eigenvalue weighted by molar-refractivity contribution is -0.240. The smallest absolute Gasteiger partial charge is 0.192 e. The van der Waals surface area contributed by atoms with E-state index in [1.165, 1.54) is 0 Å². The van der Waals surface area contributed by atoms with Crippen LogP contribution in [0.3, 0.4) is 0 Å². The van der Waals surface area contributed by atoms with Gasteiger partial charge in [0.15, 0.2) is 19.9 Å². The summed E-state index contributed by atoms with van der Waals surface area (Å²) in [6.07, 6.45) is 5.78. The Balaban J connectivity index is 1.97. The zero-order valence-corrected chi connectivity index (χ0v) is 20.6. The highest BCUT2D eigenvalue weighted by molar-refractivity contribution is 6.74. The van der Waals surface area contributed by atoms with Crippen LogP contribution in [0.4, 0.5) is 0 Å². The molecular formula is C23H40O5Si. The first-order chi connectivity index (χ1) is 13.1. The predicted octanol–water partition coefficient (Wildman–Crippen LogP) is 4.60. The molecule has 2 fully saturated rings. The van der Waals surface area contributed by atoms with Gasteiger partial charge in [-0.25, -0.2) is 0 Å². The highest BCUT2D eigenvalue weighted by Gasteiger charge is 2.62. The van der Waals surface area contributed by atoms with Crippen molar-refractivity contribution >= 4 is 14.1 Å². The lowest BCUT2D eigenvalue weighted by Gasteiger charge is -2.53. The maximum Gasteiger partial charge on any atom is 0.192 e. The normalized spacial score (nSPS) is 38.4. The molecule has 3 rings (SSSR count). The van der Waals surface area contributed by atoms with Gasteiger partial charge in [-0.2, -0.15) is 0 Å². The van der Waals surface area contributed by atoms with Crippen molar-refractivity contribution in [3.63, 3.8) is 0 Å². The lowest BCUT2D eigenvalue weighted by atomic mass is 9.57. The Kier molecular flexibility index (Phi) is 5.58. The van der Waals surface area contributed by atoms with Gasteiger partial charge in [0.1, 0.15) is 5.60 Å². The monoisotopic (exact) mass is 424 g/mol. The molecule has 2 aliphatic carbocycles. The van der Waals surface area contributed by atoms with Crippen LogP contribution in [0.25, 0.3) is 0 Å². The molecule has 3 aliphatic rings. The third-order valence-electron chi connectivity index (χ3n) is 8.02. The largest absolute Gasteiger partial charge is 0.410 e. The molecule has 1 spiro atoms. The summed E-state index contributed by atoms with van der Waals surface area (Å²) in [5.41, 5.74) is -2.57. The summed E-state index contributed by atoms with van der Waals surface area (Å²) in [6, 6.07) is 0. The van der Waals surface area contributed by atoms with Crippen LogP contribution in [-0.4, -0.2) is 49.9 Å². The Morgan fingerprint density at radius 2 is 1.72 bits per heavy atom. The third-order valence-corrected chi connectivity index (χ3v) is 12.5. The number of Topliss-reactive ketones (excluding diaryl/α,β-unsaturated/α-hetero) is 1. The number of carbonyl (C=O) groups is 1. The minimum Gasteiger partial charge on any atom is -0.410 e. The number of fused-ring (bicyclic) bond motifs is 1. The molecule has 166 valence electrons. The summed E-state index contributed by atoms with van der Waals surface area (Å²) < 4.78 is 18.5. The third kappa shape index (κ3) is 3.91. The van der Waals surface area contributed by atoms with E-state index in [0.717, 1.165) is 0 Å². The van der Waals surface area contributed by atoms with Gasteiger partial charge in [0, 0.05) is 30.1 Å². The van der Waals surface area contributed by atoms with Crippen LogP contribution in [-0.2, 0) is 18.7 Å². The Labute approximate surface area is 177 Å². The number of aliphatic hydroxyl groups is 1. The maximum absolute atomic E-state index is 13.6. The molecule has 5 nitrogen and oxygen atoms in total. The van der Waals surface area contributed by atoms with E-state index >= 15 is 0 Å². The fourth-order valence-corrected chi connectivity index (χ4v) is 6.02. The predicted molar refractivity (Wildman–Crippen MR) is 116 cm³/mol. The standard InChI is InChI=1S/C23H40O5Si/c1-19(2,3)29(7,8)28-18-9-10-21(6)11-12-22(26-13-14-27-22)16-23(21,25)17(24)15-20(18,4)5/h9-10,18,25H,11-16H2,1-8H3/b10-9-/t18-,21+,23-/m0/s1. The molecule has 1 heterocycles. The van der Waals surface area contributed by atoms with E-state index in [1.807, 2.05) is 13.0 Å². The Bertz CT molecular complexity index is 686. The first kappa shape index (κ1) is 23.1. The van der Waals surface area contributed by atoms with Gasteiger partial charge in [-0.05, 0) is 24.6 Å². The molecule has 1 saturated carbocycles. The summed E-state index contributed by atoms with van der Waals surface area (Å²) in [5.74, 6) is -0.950. The fraction of sp³-hybridized carbons (Fsp3) is 0.870. The van der Waals surface area contributed by atoms with Crippen molar-refractivity contribution in [3.05, 3.63) is 12.2 Å². The van der Waals surface area contributed by atoms with Gasteiger partial charge >= 0.3 is 0 Å². The Hall–Kier alpha value is -0.533. The summed E-state index contributed by atoms with van der Waals surface area (Å²) in [5, 5.41) is 11.8. The minimum atomic E-state index is -2.02. The average Bonchev–Trinajstić information content (AvgIpc) is 3.01. The minimum absolute atomic E-state index is 0.0856. The van der Waals surface area contributed by atoms with Crippen LogP contribution in [0, 0.1) is 10.8 Å². The zero-order valence-electron chi connectivity index (χ0n) is 19.6. The molecule has 0 unspecified atom stereocenters. The number of rotatable bonds is 2. The second-order valence-corrected chi connectivity index (χ2v) is 16.6. The maximum atomic E-state index is 13.6. The average molecular weight is 425 g/mol. The molecule has 1 aliphatic heterocycles. The Morgan fingerprint density at radius 3 is 2.28 bits per heavy atom. The fourth-order valence-electron chi connectivity index (χ4n) is 4.63. The SMILES string of the molecule is CC1(C)CC(=O)[C@@]2(O)CC3(CC[C@@]2(C)/C=C\[C@@H]1O[Si](C)(C)C(C)(C)C)OCCO3. The summed E-state index contributed by atoms with van der Waals surface area (Å²) >= 11 is 0. The van der Waals surface area contributed by atoms with Crippen molar-refractivity contribution in [1.82, 2.24) is 0 Å². The van der Waals surface area contributed by atoms with Gasteiger partial charge in [0.25, 0.3) is 0 Å². The van der Waals surface area contributed by atoms with Gasteiger partial charge < -0.3 is 19.0 Å². The Morgan fingerprint density at radius 1 is 1.14 bits per heavy atom. The van der Waals surface area contributed by atoms with E-state index in [1.54, 1.807) is 0 Å². The van der Waals surface area contributed by atoms with Crippen molar-refractivity contribution in [1.29, 1.82) is 0 Å². The highest BCUT2D eigenvalue weighted by atomic mass is 28.4. The molecule has 0 aromatic carbocycles. The van der Waals surface area contributed by atoms with Crippen LogP contribution >= 0.6 is 0 Å². The summed E-state index contributed by atoms with van der Waals surface area (Å²) in [7, 11) is -2.02. The molecule has 3 atom stereocenters. The number of ether oxygens (including phenoxy) is 2. The van der Waals surface area contributed by atoms with Crippen molar-refractivity contribution in [3.8, 4) is 0 Å². The van der Waals surface area contributed by atoms with Gasteiger partial charge in [0.2, 0.25) is 0 Å². The van der Waals surface area contributed by atoms with Crippen molar-refractivity contribution < 1.29 is 23.8 Å². The highest BCUT2D eigenvalue weighted by Crippen LogP contribution is 2.54. The first-order valence-electron chi connectivity index (χ1n) is 11.0. The van der Waals surface area contributed by atoms with Gasteiger partial charge in [0.05, 0.1) is 19.3 Å². The van der Waals surface area contributed by atoms with Crippen LogP contribution in [0.15, 0.2) is 12.2 Å². The number of hydrogen-bond acceptors (Lipinski definition) is 5. The molecule has 0 bridgehead atoms. The number of carbonyl (C=O) groups excluding carboxylic acids is 1. The molecule has 0 amide bonds. The van der Waals surface area contributed by atoms with E-state index < -0.39 is 30.5 Å². The summed E-state index contributed by atoms with van der Waals surface area (Å²) in [4.78, 5) is 13.6. The molecular weight excluding hydrogens is 384 g/mol. The second kappa shape index (κ2) is 6.99. The van der Waals surface area contributed by atoms with Crippen LogP contribution < -0.4 is 0 Å². The molecule has 6 heteroatoms. The molecule has 29 heavy (non-hydrogen) atoms. The zero-order chi connectivity index (χ0) is 21.9. The van der Waals surface area contributed by atoms with Crippen molar-refractivity contribution in [2.75, 3.05) is 13.2 Å². The van der Waals surface area contributed by atoms with E-state index in [9.17, 15) is 9.90 Å². The van der Waals surface area contributed by atoms with Crippen molar-refractivity contribution in [2.45, 2.75) is 103 Å². The van der Waals surface area contributed by atoms with Crippen LogP contribution in [0.5, 0.6) is 0 Å². The van der Waals surface area contributed by atoms with Gasteiger partial charge in [-0.3, -0.25) is 4.79 Å². The molecule has 1 saturated heterocycles. The van der Waals surface area contributed by atoms with Gasteiger partial charge in [-0.15, -0.1) is 0 Å². The van der Waals surface area contributed by atoms with Crippen LogP contribution in [0.1, 0.15) is 67.2 Å². The first-order valence-corrected chi connectivity index (χ1v) is 13.9. The van der Waals surface area contributed by atoms with Crippen LogP contribution in [0.2, 0.25) is 18.1 Å². The van der Waals surface area contributed by atoms with E-state index in [4.69, 9.17) is 13.9 Å². The van der Waals surface area contributed by atoms with E-state index in [0.29, 0.717) is 26.1 Å². The van der Waals surface area contributed by atoms with Crippen molar-refractivity contribution in [2.24, 2.45) is 10.8 Å². The summed E-state index contributed by atoms with van der Waals surface area (Å²) in [6.45, 7) is 18.3.